The molecule has 0 spiro atoms. The zero-order valence-corrected chi connectivity index (χ0v) is 15.1. The zero-order chi connectivity index (χ0) is 20.3. The molecule has 2 aromatic heterocycles. The normalized spacial score (nSPS) is 11.5. The van der Waals surface area contributed by atoms with Gasteiger partial charge in [-0.25, -0.2) is 9.97 Å². The largest absolute Gasteiger partial charge is 0.497 e. The number of alkyl halides is 3. The lowest BCUT2D eigenvalue weighted by molar-refractivity contribution is -0.146. The number of hydrogen-bond acceptors (Lipinski definition) is 5. The van der Waals surface area contributed by atoms with E-state index in [1.54, 1.807) is 6.07 Å². The third-order valence-electron chi connectivity index (χ3n) is 3.99. The van der Waals surface area contributed by atoms with E-state index >= 15 is 0 Å². The van der Waals surface area contributed by atoms with Crippen LogP contribution in [0.5, 0.6) is 11.5 Å². The van der Waals surface area contributed by atoms with E-state index < -0.39 is 17.9 Å². The van der Waals surface area contributed by atoms with Crippen LogP contribution in [-0.2, 0) is 12.7 Å². The van der Waals surface area contributed by atoms with Crippen LogP contribution in [0.4, 0.5) is 13.2 Å². The van der Waals surface area contributed by atoms with Crippen LogP contribution in [0.1, 0.15) is 16.2 Å². The number of ether oxygens (including phenoxy) is 2. The Morgan fingerprint density at radius 2 is 1.86 bits per heavy atom. The number of hydrogen-bond donors (Lipinski definition) is 1. The zero-order valence-electron chi connectivity index (χ0n) is 15.1. The molecule has 3 aromatic rings. The molecular weight excluding hydrogens is 377 g/mol. The molecule has 1 N–H and O–H groups in total. The minimum Gasteiger partial charge on any atom is -0.497 e. The number of aromatic nitrogens is 3. The number of carbonyl (C=O) groups excluding carboxylic acids is 1. The SMILES string of the molecule is COc1cc(OC)cc(C(=O)NCCn2c(C(F)(F)F)nc3cccnc32)c1. The summed E-state index contributed by atoms with van der Waals surface area (Å²) < 4.78 is 51.0. The van der Waals surface area contributed by atoms with Crippen molar-refractivity contribution in [2.75, 3.05) is 20.8 Å². The number of benzene rings is 1. The van der Waals surface area contributed by atoms with Crippen molar-refractivity contribution in [2.24, 2.45) is 0 Å². The molecule has 0 aliphatic rings. The van der Waals surface area contributed by atoms with Crippen LogP contribution >= 0.6 is 0 Å². The lowest BCUT2D eigenvalue weighted by Gasteiger charge is -2.12. The van der Waals surface area contributed by atoms with Gasteiger partial charge in [-0.15, -0.1) is 0 Å². The number of pyridine rings is 1. The van der Waals surface area contributed by atoms with Crippen molar-refractivity contribution in [2.45, 2.75) is 12.7 Å². The van der Waals surface area contributed by atoms with E-state index in [0.717, 1.165) is 4.57 Å². The minimum absolute atomic E-state index is 0.0521. The van der Waals surface area contributed by atoms with Gasteiger partial charge in [-0.05, 0) is 24.3 Å². The van der Waals surface area contributed by atoms with Crippen LogP contribution in [0.15, 0.2) is 36.5 Å². The molecule has 0 radical (unpaired) electrons. The number of nitrogens with one attached hydrogen (secondary N) is 1. The molecule has 1 amide bonds. The third kappa shape index (κ3) is 4.00. The van der Waals surface area contributed by atoms with Crippen molar-refractivity contribution in [3.05, 3.63) is 47.9 Å². The van der Waals surface area contributed by atoms with Crippen LogP contribution in [0.3, 0.4) is 0 Å². The Hall–Kier alpha value is -3.30. The quantitative estimate of drug-likeness (QED) is 0.696. The van der Waals surface area contributed by atoms with Crippen LogP contribution in [0.25, 0.3) is 11.2 Å². The minimum atomic E-state index is -4.63. The Morgan fingerprint density at radius 3 is 2.46 bits per heavy atom. The summed E-state index contributed by atoms with van der Waals surface area (Å²) in [6.07, 6.45) is -3.24. The van der Waals surface area contributed by atoms with Gasteiger partial charge in [-0.3, -0.25) is 4.79 Å². The van der Waals surface area contributed by atoms with E-state index in [9.17, 15) is 18.0 Å². The molecule has 0 saturated carbocycles. The molecule has 0 atom stereocenters. The first-order valence-corrected chi connectivity index (χ1v) is 8.23. The van der Waals surface area contributed by atoms with Crippen LogP contribution in [0, 0.1) is 0 Å². The van der Waals surface area contributed by atoms with E-state index in [-0.39, 0.29) is 29.8 Å². The molecule has 7 nitrogen and oxygen atoms in total. The molecule has 0 aliphatic heterocycles. The lowest BCUT2D eigenvalue weighted by Crippen LogP contribution is -2.28. The Bertz CT molecular complexity index is 979. The summed E-state index contributed by atoms with van der Waals surface area (Å²) in [6, 6.07) is 7.59. The van der Waals surface area contributed by atoms with Gasteiger partial charge in [0.2, 0.25) is 5.82 Å². The molecule has 0 saturated heterocycles. The van der Waals surface area contributed by atoms with E-state index in [2.05, 4.69) is 15.3 Å². The van der Waals surface area contributed by atoms with Crippen LogP contribution in [0.2, 0.25) is 0 Å². The highest BCUT2D eigenvalue weighted by atomic mass is 19.4. The predicted molar refractivity (Wildman–Crippen MR) is 94.4 cm³/mol. The van der Waals surface area contributed by atoms with Crippen molar-refractivity contribution in [3.8, 4) is 11.5 Å². The molecule has 28 heavy (non-hydrogen) atoms. The van der Waals surface area contributed by atoms with Gasteiger partial charge in [-0.1, -0.05) is 0 Å². The third-order valence-corrected chi connectivity index (χ3v) is 3.99. The standard InChI is InChI=1S/C18H17F3N4O3/c1-27-12-8-11(9-13(10-12)28-2)16(26)23-6-7-25-15-14(4-3-5-22-15)24-17(25)18(19,20)21/h3-5,8-10H,6-7H2,1-2H3,(H,23,26). The second kappa shape index (κ2) is 7.75. The maximum Gasteiger partial charge on any atom is 0.449 e. The summed E-state index contributed by atoms with van der Waals surface area (Å²) in [7, 11) is 2.90. The lowest BCUT2D eigenvalue weighted by atomic mass is 10.2. The van der Waals surface area contributed by atoms with Crippen molar-refractivity contribution < 1.29 is 27.4 Å². The number of nitrogens with zero attached hydrogens (tertiary/aromatic N) is 3. The van der Waals surface area contributed by atoms with Gasteiger partial charge in [0.25, 0.3) is 5.91 Å². The second-order valence-electron chi connectivity index (χ2n) is 5.79. The number of amides is 1. The predicted octanol–water partition coefficient (Wildman–Crippen LogP) is 2.90. The molecular formula is C18H17F3N4O3. The molecule has 2 heterocycles. The van der Waals surface area contributed by atoms with Gasteiger partial charge in [0, 0.05) is 30.9 Å². The second-order valence-corrected chi connectivity index (χ2v) is 5.79. The number of halogens is 3. The Kier molecular flexibility index (Phi) is 5.39. The fraction of sp³-hybridized carbons (Fsp3) is 0.278. The smallest absolute Gasteiger partial charge is 0.449 e. The first kappa shape index (κ1) is 19.5. The highest BCUT2D eigenvalue weighted by Crippen LogP contribution is 2.30. The maximum absolute atomic E-state index is 13.3. The first-order valence-electron chi connectivity index (χ1n) is 8.23. The van der Waals surface area contributed by atoms with Gasteiger partial charge in [0.05, 0.1) is 14.2 Å². The van der Waals surface area contributed by atoms with Gasteiger partial charge in [0.15, 0.2) is 5.65 Å². The Labute approximate surface area is 158 Å². The monoisotopic (exact) mass is 394 g/mol. The topological polar surface area (TPSA) is 78.3 Å². The van der Waals surface area contributed by atoms with Crippen molar-refractivity contribution >= 4 is 17.1 Å². The maximum atomic E-state index is 13.3. The first-order chi connectivity index (χ1) is 13.3. The molecule has 0 fully saturated rings. The van der Waals surface area contributed by atoms with Crippen LogP contribution < -0.4 is 14.8 Å². The summed E-state index contributed by atoms with van der Waals surface area (Å²) in [5, 5.41) is 2.59. The van der Waals surface area contributed by atoms with Gasteiger partial charge < -0.3 is 19.4 Å². The van der Waals surface area contributed by atoms with Crippen LogP contribution in [-0.4, -0.2) is 41.2 Å². The number of carbonyl (C=O) groups is 1. The van der Waals surface area contributed by atoms with E-state index in [0.29, 0.717) is 11.5 Å². The highest BCUT2D eigenvalue weighted by molar-refractivity contribution is 5.95. The number of imidazole rings is 1. The average Bonchev–Trinajstić information content (AvgIpc) is 3.06. The van der Waals surface area contributed by atoms with Gasteiger partial charge in [-0.2, -0.15) is 13.2 Å². The van der Waals surface area contributed by atoms with Gasteiger partial charge in [0.1, 0.15) is 17.0 Å². The molecule has 10 heteroatoms. The molecule has 0 bridgehead atoms. The summed E-state index contributed by atoms with van der Waals surface area (Å²) in [6.45, 7) is -0.196. The van der Waals surface area contributed by atoms with Crippen molar-refractivity contribution in [3.63, 3.8) is 0 Å². The number of methoxy groups -OCH3 is 2. The Morgan fingerprint density at radius 1 is 1.18 bits per heavy atom. The molecule has 148 valence electrons. The summed E-state index contributed by atoms with van der Waals surface area (Å²) >= 11 is 0. The van der Waals surface area contributed by atoms with Gasteiger partial charge >= 0.3 is 6.18 Å². The Balaban J connectivity index is 1.78. The summed E-state index contributed by atoms with van der Waals surface area (Å²) in [5.74, 6) is -0.677. The fourth-order valence-electron chi connectivity index (χ4n) is 2.71. The van der Waals surface area contributed by atoms with E-state index in [4.69, 9.17) is 9.47 Å². The van der Waals surface area contributed by atoms with E-state index in [1.807, 2.05) is 0 Å². The fourth-order valence-corrected chi connectivity index (χ4v) is 2.71. The molecule has 1 aromatic carbocycles. The van der Waals surface area contributed by atoms with Crippen molar-refractivity contribution in [1.29, 1.82) is 0 Å². The highest BCUT2D eigenvalue weighted by Gasteiger charge is 2.37. The molecule has 0 aliphatic carbocycles. The number of fused-ring (bicyclic) bond motifs is 1. The molecule has 0 unspecified atom stereocenters. The van der Waals surface area contributed by atoms with Crippen molar-refractivity contribution in [1.82, 2.24) is 19.9 Å². The van der Waals surface area contributed by atoms with E-state index in [1.165, 1.54) is 44.7 Å². The summed E-state index contributed by atoms with van der Waals surface area (Å²) in [4.78, 5) is 20.0. The molecule has 3 rings (SSSR count). The number of rotatable bonds is 6. The average molecular weight is 394 g/mol. The summed E-state index contributed by atoms with van der Waals surface area (Å²) in [5.41, 5.74) is 0.506.